The number of amides is 2. The molecule has 204 valence electrons. The number of rotatable bonds is 10. The zero-order valence-electron chi connectivity index (χ0n) is 22.2. The number of unbranched alkanes of at least 4 members (excludes halogenated alkanes) is 1. The lowest BCUT2D eigenvalue weighted by atomic mass is 9.92. The third-order valence-electron chi connectivity index (χ3n) is 7.14. The number of imidazole rings is 1. The fourth-order valence-corrected chi connectivity index (χ4v) is 5.31. The first kappa shape index (κ1) is 27.5. The number of carbonyl (C=O) groups excluding carboxylic acids is 2. The summed E-state index contributed by atoms with van der Waals surface area (Å²) in [6.07, 6.45) is 2.21. The van der Waals surface area contributed by atoms with Gasteiger partial charge in [0.1, 0.15) is 5.82 Å². The van der Waals surface area contributed by atoms with Gasteiger partial charge in [0.05, 0.1) is 30.2 Å². The number of carbonyl (C=O) groups is 2. The molecule has 1 aromatic heterocycles. The molecular formula is C27H40FN5O4. The highest BCUT2D eigenvalue weighted by Crippen LogP contribution is 2.25. The molecule has 2 aliphatic heterocycles. The lowest BCUT2D eigenvalue weighted by Crippen LogP contribution is -2.56. The van der Waals surface area contributed by atoms with Gasteiger partial charge >= 0.3 is 0 Å². The van der Waals surface area contributed by atoms with Gasteiger partial charge in [0, 0.05) is 59.0 Å². The molecule has 10 heteroatoms. The van der Waals surface area contributed by atoms with Gasteiger partial charge in [-0.05, 0) is 43.4 Å². The van der Waals surface area contributed by atoms with E-state index in [1.54, 1.807) is 13.2 Å². The van der Waals surface area contributed by atoms with Gasteiger partial charge in [0.15, 0.2) is 5.82 Å². The molecule has 2 aromatic rings. The minimum Gasteiger partial charge on any atom is -0.385 e. The van der Waals surface area contributed by atoms with Crippen molar-refractivity contribution in [1.82, 2.24) is 24.7 Å². The van der Waals surface area contributed by atoms with Crippen LogP contribution in [0.3, 0.4) is 0 Å². The molecule has 0 aliphatic carbocycles. The largest absolute Gasteiger partial charge is 0.385 e. The van der Waals surface area contributed by atoms with Crippen molar-refractivity contribution in [1.29, 1.82) is 0 Å². The van der Waals surface area contributed by atoms with E-state index >= 15 is 0 Å². The van der Waals surface area contributed by atoms with E-state index in [0.29, 0.717) is 82.4 Å². The van der Waals surface area contributed by atoms with E-state index < -0.39 is 0 Å². The first-order chi connectivity index (χ1) is 17.9. The van der Waals surface area contributed by atoms with Gasteiger partial charge in [-0.2, -0.15) is 0 Å². The Hall–Kier alpha value is -2.56. The van der Waals surface area contributed by atoms with Gasteiger partial charge in [-0.1, -0.05) is 13.8 Å². The van der Waals surface area contributed by atoms with Gasteiger partial charge < -0.3 is 29.2 Å². The van der Waals surface area contributed by atoms with Crippen molar-refractivity contribution < 1.29 is 23.5 Å². The summed E-state index contributed by atoms with van der Waals surface area (Å²) in [6, 6.07) is 4.30. The number of hydrogen-bond donors (Lipinski definition) is 1. The summed E-state index contributed by atoms with van der Waals surface area (Å²) in [5.41, 5.74) is 1.22. The first-order valence-electron chi connectivity index (χ1n) is 13.4. The number of ether oxygens (including phenoxy) is 2. The summed E-state index contributed by atoms with van der Waals surface area (Å²) in [4.78, 5) is 35.7. The molecule has 1 N–H and O–H groups in total. The summed E-state index contributed by atoms with van der Waals surface area (Å²) in [7, 11) is 1.66. The Morgan fingerprint density at radius 1 is 1.24 bits per heavy atom. The van der Waals surface area contributed by atoms with Crippen molar-refractivity contribution in [2.24, 2.45) is 11.8 Å². The molecule has 2 saturated heterocycles. The number of nitrogens with one attached hydrogen (secondary N) is 1. The fourth-order valence-electron chi connectivity index (χ4n) is 5.31. The zero-order valence-corrected chi connectivity index (χ0v) is 22.2. The van der Waals surface area contributed by atoms with Crippen LogP contribution in [0.4, 0.5) is 4.39 Å². The van der Waals surface area contributed by atoms with Crippen LogP contribution in [-0.2, 0) is 20.8 Å². The fraction of sp³-hybridized carbons (Fsp3) is 0.667. The van der Waals surface area contributed by atoms with Crippen LogP contribution in [0.1, 0.15) is 43.7 Å². The Balaban J connectivity index is 1.59. The third kappa shape index (κ3) is 6.66. The highest BCUT2D eigenvalue weighted by molar-refractivity contribution is 5.95. The quantitative estimate of drug-likeness (QED) is 0.488. The molecule has 3 heterocycles. The van der Waals surface area contributed by atoms with Gasteiger partial charge in [-0.3, -0.25) is 9.59 Å². The average molecular weight is 518 g/mol. The summed E-state index contributed by atoms with van der Waals surface area (Å²) in [5, 5.41) is 3.40. The summed E-state index contributed by atoms with van der Waals surface area (Å²) >= 11 is 0. The van der Waals surface area contributed by atoms with Crippen molar-refractivity contribution in [2.45, 2.75) is 45.7 Å². The maximum absolute atomic E-state index is 14.2. The van der Waals surface area contributed by atoms with Crippen molar-refractivity contribution in [3.63, 3.8) is 0 Å². The normalized spacial score (nSPS) is 20.5. The van der Waals surface area contributed by atoms with Crippen LogP contribution in [0.15, 0.2) is 18.2 Å². The van der Waals surface area contributed by atoms with E-state index in [-0.39, 0.29) is 35.5 Å². The number of benzene rings is 1. The lowest BCUT2D eigenvalue weighted by molar-refractivity contribution is -0.140. The molecule has 4 rings (SSSR count). The van der Waals surface area contributed by atoms with E-state index in [1.165, 1.54) is 12.1 Å². The topological polar surface area (TPSA) is 88.9 Å². The Bertz CT molecular complexity index is 1070. The van der Waals surface area contributed by atoms with E-state index in [9.17, 15) is 14.0 Å². The minimum absolute atomic E-state index is 0.123. The molecule has 0 radical (unpaired) electrons. The molecule has 0 spiro atoms. The van der Waals surface area contributed by atoms with Crippen LogP contribution >= 0.6 is 0 Å². The van der Waals surface area contributed by atoms with E-state index in [1.807, 2.05) is 14.4 Å². The van der Waals surface area contributed by atoms with E-state index in [0.717, 1.165) is 12.8 Å². The number of fused-ring (bicyclic) bond motifs is 1. The number of methoxy groups -OCH3 is 1. The number of morpholine rings is 1. The second kappa shape index (κ2) is 12.8. The molecule has 0 bridgehead atoms. The van der Waals surface area contributed by atoms with Crippen molar-refractivity contribution in [3.05, 3.63) is 29.8 Å². The second-order valence-electron chi connectivity index (χ2n) is 10.5. The first-order valence-corrected chi connectivity index (χ1v) is 13.4. The molecule has 9 nitrogen and oxygen atoms in total. The third-order valence-corrected chi connectivity index (χ3v) is 7.14. The molecule has 2 aliphatic rings. The Morgan fingerprint density at radius 2 is 2.03 bits per heavy atom. The van der Waals surface area contributed by atoms with Crippen LogP contribution in [0.25, 0.3) is 11.0 Å². The van der Waals surface area contributed by atoms with Gasteiger partial charge in [-0.25, -0.2) is 9.37 Å². The molecule has 2 atom stereocenters. The van der Waals surface area contributed by atoms with E-state index in [4.69, 9.17) is 9.47 Å². The summed E-state index contributed by atoms with van der Waals surface area (Å²) in [6.45, 7) is 9.44. The lowest BCUT2D eigenvalue weighted by Gasteiger charge is -2.40. The van der Waals surface area contributed by atoms with Crippen molar-refractivity contribution in [3.8, 4) is 0 Å². The number of piperidine rings is 1. The minimum atomic E-state index is -0.357. The maximum Gasteiger partial charge on any atom is 0.290 e. The van der Waals surface area contributed by atoms with E-state index in [2.05, 4.69) is 24.1 Å². The smallest absolute Gasteiger partial charge is 0.290 e. The van der Waals surface area contributed by atoms with Crippen LogP contribution in [0.5, 0.6) is 0 Å². The predicted octanol–water partition coefficient (Wildman–Crippen LogP) is 2.54. The highest BCUT2D eigenvalue weighted by Gasteiger charge is 2.36. The van der Waals surface area contributed by atoms with Gasteiger partial charge in [0.25, 0.3) is 5.91 Å². The number of halogens is 1. The van der Waals surface area contributed by atoms with Crippen LogP contribution < -0.4 is 5.32 Å². The van der Waals surface area contributed by atoms with Gasteiger partial charge in [0.2, 0.25) is 5.91 Å². The molecule has 2 fully saturated rings. The Kier molecular flexibility index (Phi) is 9.50. The average Bonchev–Trinajstić information content (AvgIpc) is 3.27. The van der Waals surface area contributed by atoms with Gasteiger partial charge in [-0.15, -0.1) is 0 Å². The SMILES string of the molecule is COCCCCn1c(C(=O)N(CC(C)C)[C@@H]2CNC[C@H](C(=O)N3CCOCC3)C2)nc2ccc(F)cc21. The summed E-state index contributed by atoms with van der Waals surface area (Å²) in [5.74, 6) is -0.0519. The monoisotopic (exact) mass is 517 g/mol. The number of nitrogens with zero attached hydrogens (tertiary/aromatic N) is 4. The standard InChI is InChI=1S/C27H40FN5O4/c1-19(2)18-33(22-14-20(16-29-17-22)26(34)31-9-12-37-13-10-31)27(35)25-30-23-7-6-21(28)15-24(23)32(25)8-4-5-11-36-3/h6-7,15,19-20,22,29H,4-5,8-14,16-18H2,1-3H3/t20-,22+/m1/s1. The maximum atomic E-state index is 14.2. The summed E-state index contributed by atoms with van der Waals surface area (Å²) < 4.78 is 26.6. The van der Waals surface area contributed by atoms with Crippen LogP contribution in [0, 0.1) is 17.7 Å². The van der Waals surface area contributed by atoms with Crippen molar-refractivity contribution in [2.75, 3.05) is 59.7 Å². The molecule has 0 saturated carbocycles. The Labute approximate surface area is 218 Å². The predicted molar refractivity (Wildman–Crippen MR) is 139 cm³/mol. The molecule has 1 aromatic carbocycles. The number of hydrogen-bond acceptors (Lipinski definition) is 6. The second-order valence-corrected chi connectivity index (χ2v) is 10.5. The zero-order chi connectivity index (χ0) is 26.4. The highest BCUT2D eigenvalue weighted by atomic mass is 19.1. The van der Waals surface area contributed by atoms with Crippen molar-refractivity contribution >= 4 is 22.8 Å². The molecule has 37 heavy (non-hydrogen) atoms. The molecular weight excluding hydrogens is 477 g/mol. The molecule has 0 unspecified atom stereocenters. The number of aromatic nitrogens is 2. The number of aryl methyl sites for hydroxylation is 1. The van der Waals surface area contributed by atoms with Crippen LogP contribution in [0.2, 0.25) is 0 Å². The molecule has 2 amide bonds. The van der Waals surface area contributed by atoms with Crippen LogP contribution in [-0.4, -0.2) is 96.9 Å². The Morgan fingerprint density at radius 3 is 2.76 bits per heavy atom.